The van der Waals surface area contributed by atoms with Crippen molar-refractivity contribution in [3.8, 4) is 0 Å². The molecule has 0 amide bonds. The van der Waals surface area contributed by atoms with Crippen molar-refractivity contribution in [2.45, 2.75) is 25.5 Å². The SMILES string of the molecule is Nc1nc(CN2CCN(c3ccccc3)CC2)nc(NCC2CCCO2)n1. The molecule has 8 heteroatoms. The largest absolute Gasteiger partial charge is 0.376 e. The van der Waals surface area contributed by atoms with Gasteiger partial charge >= 0.3 is 0 Å². The summed E-state index contributed by atoms with van der Waals surface area (Å²) in [7, 11) is 0. The Labute approximate surface area is 159 Å². The molecular weight excluding hydrogens is 342 g/mol. The highest BCUT2D eigenvalue weighted by molar-refractivity contribution is 5.46. The first-order valence-corrected chi connectivity index (χ1v) is 9.64. The molecule has 2 aliphatic rings. The van der Waals surface area contributed by atoms with E-state index in [1.807, 2.05) is 0 Å². The summed E-state index contributed by atoms with van der Waals surface area (Å²) in [5.41, 5.74) is 7.17. The van der Waals surface area contributed by atoms with Gasteiger partial charge in [0.1, 0.15) is 5.82 Å². The zero-order valence-electron chi connectivity index (χ0n) is 15.5. The molecule has 2 saturated heterocycles. The van der Waals surface area contributed by atoms with E-state index in [-0.39, 0.29) is 12.1 Å². The van der Waals surface area contributed by atoms with Gasteiger partial charge in [0.2, 0.25) is 11.9 Å². The summed E-state index contributed by atoms with van der Waals surface area (Å²) in [4.78, 5) is 17.8. The molecule has 144 valence electrons. The third-order valence-electron chi connectivity index (χ3n) is 5.07. The second kappa shape index (κ2) is 8.49. The maximum absolute atomic E-state index is 5.89. The van der Waals surface area contributed by atoms with E-state index >= 15 is 0 Å². The summed E-state index contributed by atoms with van der Waals surface area (Å²) in [5, 5.41) is 3.24. The third-order valence-corrected chi connectivity index (χ3v) is 5.07. The van der Waals surface area contributed by atoms with Crippen LogP contribution in [0.2, 0.25) is 0 Å². The van der Waals surface area contributed by atoms with E-state index in [0.29, 0.717) is 24.9 Å². The summed E-state index contributed by atoms with van der Waals surface area (Å²) in [6, 6.07) is 10.5. The maximum Gasteiger partial charge on any atom is 0.227 e. The lowest BCUT2D eigenvalue weighted by Gasteiger charge is -2.35. The Bertz CT molecular complexity index is 728. The zero-order valence-corrected chi connectivity index (χ0v) is 15.5. The molecule has 2 aliphatic heterocycles. The maximum atomic E-state index is 5.89. The molecule has 0 saturated carbocycles. The molecule has 2 aromatic rings. The van der Waals surface area contributed by atoms with E-state index < -0.39 is 0 Å². The lowest BCUT2D eigenvalue weighted by molar-refractivity contribution is 0.120. The van der Waals surface area contributed by atoms with Gasteiger partial charge in [-0.2, -0.15) is 15.0 Å². The van der Waals surface area contributed by atoms with E-state index in [4.69, 9.17) is 10.5 Å². The summed E-state index contributed by atoms with van der Waals surface area (Å²) in [6.07, 6.45) is 2.43. The fourth-order valence-electron chi connectivity index (χ4n) is 3.60. The summed E-state index contributed by atoms with van der Waals surface area (Å²) >= 11 is 0. The first kappa shape index (κ1) is 17.9. The van der Waals surface area contributed by atoms with Gasteiger partial charge in [-0.15, -0.1) is 0 Å². The monoisotopic (exact) mass is 369 g/mol. The van der Waals surface area contributed by atoms with Crippen molar-refractivity contribution in [2.24, 2.45) is 0 Å². The van der Waals surface area contributed by atoms with Crippen molar-refractivity contribution in [2.75, 3.05) is 55.3 Å². The van der Waals surface area contributed by atoms with Crippen molar-refractivity contribution < 1.29 is 4.74 Å². The minimum absolute atomic E-state index is 0.234. The van der Waals surface area contributed by atoms with E-state index in [9.17, 15) is 0 Å². The Morgan fingerprint density at radius 2 is 1.89 bits per heavy atom. The van der Waals surface area contributed by atoms with Crippen LogP contribution in [0.3, 0.4) is 0 Å². The van der Waals surface area contributed by atoms with Gasteiger partial charge in [0.15, 0.2) is 0 Å². The molecular formula is C19H27N7O. The highest BCUT2D eigenvalue weighted by Crippen LogP contribution is 2.17. The average Bonchev–Trinajstić information content (AvgIpc) is 3.21. The highest BCUT2D eigenvalue weighted by Gasteiger charge is 2.19. The number of benzene rings is 1. The Morgan fingerprint density at radius 3 is 2.63 bits per heavy atom. The van der Waals surface area contributed by atoms with Gasteiger partial charge in [0, 0.05) is 45.0 Å². The lowest BCUT2D eigenvalue weighted by Crippen LogP contribution is -2.46. The number of hydrogen-bond donors (Lipinski definition) is 2. The van der Waals surface area contributed by atoms with Gasteiger partial charge in [-0.3, -0.25) is 4.90 Å². The molecule has 3 N–H and O–H groups in total. The molecule has 1 aromatic heterocycles. The van der Waals surface area contributed by atoms with Crippen LogP contribution in [-0.2, 0) is 11.3 Å². The Balaban J connectivity index is 1.31. The van der Waals surface area contributed by atoms with Crippen LogP contribution in [0.5, 0.6) is 0 Å². The van der Waals surface area contributed by atoms with Crippen LogP contribution in [0.4, 0.5) is 17.6 Å². The standard InChI is InChI=1S/C19H27N7O/c20-18-22-17(23-19(24-18)21-13-16-7-4-12-27-16)14-25-8-10-26(11-9-25)15-5-2-1-3-6-15/h1-3,5-6,16H,4,7-14H2,(H3,20,21,22,23,24). The topological polar surface area (TPSA) is 92.4 Å². The van der Waals surface area contributed by atoms with Gasteiger partial charge in [-0.25, -0.2) is 0 Å². The van der Waals surface area contributed by atoms with E-state index in [1.165, 1.54) is 5.69 Å². The van der Waals surface area contributed by atoms with E-state index in [0.717, 1.165) is 45.6 Å². The fourth-order valence-corrected chi connectivity index (χ4v) is 3.60. The predicted octanol–water partition coefficient (Wildman–Crippen LogP) is 1.37. The second-order valence-corrected chi connectivity index (χ2v) is 7.05. The molecule has 0 bridgehead atoms. The normalized spacial score (nSPS) is 20.7. The number of aromatic nitrogens is 3. The number of nitrogen functional groups attached to an aromatic ring is 1. The second-order valence-electron chi connectivity index (χ2n) is 7.05. The fraction of sp³-hybridized carbons (Fsp3) is 0.526. The summed E-state index contributed by atoms with van der Waals surface area (Å²) in [6.45, 7) is 6.16. The Hall–Kier alpha value is -2.45. The molecule has 1 atom stereocenters. The predicted molar refractivity (Wildman–Crippen MR) is 106 cm³/mol. The van der Waals surface area contributed by atoms with Crippen molar-refractivity contribution in [3.05, 3.63) is 36.2 Å². The number of hydrogen-bond acceptors (Lipinski definition) is 8. The van der Waals surface area contributed by atoms with Gasteiger partial charge < -0.3 is 20.7 Å². The molecule has 0 aliphatic carbocycles. The lowest BCUT2D eigenvalue weighted by atomic mass is 10.2. The molecule has 3 heterocycles. The van der Waals surface area contributed by atoms with Crippen molar-refractivity contribution >= 4 is 17.6 Å². The van der Waals surface area contributed by atoms with Crippen LogP contribution in [0.25, 0.3) is 0 Å². The van der Waals surface area contributed by atoms with Crippen LogP contribution in [-0.4, -0.2) is 65.3 Å². The molecule has 1 aromatic carbocycles. The third kappa shape index (κ3) is 4.84. The minimum atomic E-state index is 0.234. The number of para-hydroxylation sites is 1. The van der Waals surface area contributed by atoms with E-state index in [1.54, 1.807) is 0 Å². The number of anilines is 3. The highest BCUT2D eigenvalue weighted by atomic mass is 16.5. The zero-order chi connectivity index (χ0) is 18.5. The number of piperazine rings is 1. The smallest absolute Gasteiger partial charge is 0.227 e. The molecule has 27 heavy (non-hydrogen) atoms. The van der Waals surface area contributed by atoms with Crippen molar-refractivity contribution in [3.63, 3.8) is 0 Å². The first-order chi connectivity index (χ1) is 13.3. The van der Waals surface area contributed by atoms with Gasteiger partial charge in [-0.05, 0) is 25.0 Å². The summed E-state index contributed by atoms with van der Waals surface area (Å²) < 4.78 is 5.63. The van der Waals surface area contributed by atoms with Crippen molar-refractivity contribution in [1.29, 1.82) is 0 Å². The number of ether oxygens (including phenoxy) is 1. The number of nitrogens with one attached hydrogen (secondary N) is 1. The number of nitrogens with two attached hydrogens (primary N) is 1. The molecule has 1 unspecified atom stereocenters. The Kier molecular flexibility index (Phi) is 5.64. The number of nitrogens with zero attached hydrogens (tertiary/aromatic N) is 5. The molecule has 0 spiro atoms. The summed E-state index contributed by atoms with van der Waals surface area (Å²) in [5.74, 6) is 1.51. The first-order valence-electron chi connectivity index (χ1n) is 9.64. The minimum Gasteiger partial charge on any atom is -0.376 e. The molecule has 2 fully saturated rings. The van der Waals surface area contributed by atoms with Crippen LogP contribution in [0.15, 0.2) is 30.3 Å². The molecule has 4 rings (SSSR count). The van der Waals surface area contributed by atoms with Gasteiger partial charge in [0.25, 0.3) is 0 Å². The number of rotatable bonds is 6. The van der Waals surface area contributed by atoms with Crippen LogP contribution in [0, 0.1) is 0 Å². The molecule has 8 nitrogen and oxygen atoms in total. The van der Waals surface area contributed by atoms with Crippen LogP contribution in [0.1, 0.15) is 18.7 Å². The van der Waals surface area contributed by atoms with Crippen molar-refractivity contribution in [1.82, 2.24) is 19.9 Å². The Morgan fingerprint density at radius 1 is 1.07 bits per heavy atom. The van der Waals surface area contributed by atoms with Gasteiger partial charge in [-0.1, -0.05) is 18.2 Å². The van der Waals surface area contributed by atoms with E-state index in [2.05, 4.69) is 60.4 Å². The van der Waals surface area contributed by atoms with Gasteiger partial charge in [0.05, 0.1) is 12.6 Å². The van der Waals surface area contributed by atoms with Crippen LogP contribution < -0.4 is 16.0 Å². The van der Waals surface area contributed by atoms with Crippen LogP contribution >= 0.6 is 0 Å². The molecule has 0 radical (unpaired) electrons. The quantitative estimate of drug-likeness (QED) is 0.789. The average molecular weight is 369 g/mol.